The number of Topliss-reactive ketones (excluding diaryl/α,β-unsaturated/α-hetero) is 1. The Balaban J connectivity index is 1.23. The van der Waals surface area contributed by atoms with E-state index in [1.165, 1.54) is 116 Å². The van der Waals surface area contributed by atoms with Crippen LogP contribution in [0.15, 0.2) is 0 Å². The van der Waals surface area contributed by atoms with Crippen LogP contribution in [0.1, 0.15) is 104 Å². The molecule has 0 bridgehead atoms. The van der Waals surface area contributed by atoms with Gasteiger partial charge in [0.15, 0.2) is 5.78 Å². The molecule has 3 heteroatoms. The molecule has 8 atom stereocenters. The van der Waals surface area contributed by atoms with Crippen molar-refractivity contribution in [1.29, 1.82) is 0 Å². The molecule has 4 aliphatic carbocycles. The smallest absolute Gasteiger partial charge is 0.156 e. The largest absolute Gasteiger partial charge is 0.300 e. The number of fused-ring (bicyclic) bond motifs is 5. The first-order chi connectivity index (χ1) is 15.5. The van der Waals surface area contributed by atoms with E-state index >= 15 is 0 Å². The minimum atomic E-state index is -0.0204. The minimum absolute atomic E-state index is 0.0204. The molecular formula is C29H48N2O. The Kier molecular flexibility index (Phi) is 5.77. The molecule has 6 rings (SSSR count). The van der Waals surface area contributed by atoms with Gasteiger partial charge >= 0.3 is 0 Å². The average molecular weight is 441 g/mol. The maximum atomic E-state index is 13.8. The summed E-state index contributed by atoms with van der Waals surface area (Å²) in [6.45, 7) is 10.2. The molecule has 2 heterocycles. The van der Waals surface area contributed by atoms with Gasteiger partial charge in [-0.25, -0.2) is 0 Å². The van der Waals surface area contributed by atoms with Crippen molar-refractivity contribution in [3.05, 3.63) is 0 Å². The standard InChI is InChI=1S/C29H48N2O/c1-28-14-13-24-23(25(28)19-26(27(28)32)31-17-7-4-8-18-31)12-10-21-9-11-22(20-29(21,24)2)30-15-5-3-6-16-30/h21-26H,3-20H2,1-2H3/t21?,22?,23-,24-,25+,26?,28+,29+/m1/s1. The summed E-state index contributed by atoms with van der Waals surface area (Å²) in [4.78, 5) is 19.3. The van der Waals surface area contributed by atoms with Crippen molar-refractivity contribution in [3.63, 3.8) is 0 Å². The molecule has 0 aromatic rings. The van der Waals surface area contributed by atoms with Crippen LogP contribution in [0.2, 0.25) is 0 Å². The molecule has 180 valence electrons. The second-order valence-electron chi connectivity index (χ2n) is 13.4. The van der Waals surface area contributed by atoms with E-state index in [1.54, 1.807) is 0 Å². The van der Waals surface area contributed by atoms with Gasteiger partial charge in [-0.2, -0.15) is 0 Å². The third-order valence-corrected chi connectivity index (χ3v) is 12.1. The van der Waals surface area contributed by atoms with Gasteiger partial charge < -0.3 is 4.90 Å². The summed E-state index contributed by atoms with van der Waals surface area (Å²) in [6, 6.07) is 1.09. The first-order valence-corrected chi connectivity index (χ1v) is 14.5. The third kappa shape index (κ3) is 3.38. The van der Waals surface area contributed by atoms with E-state index in [1.807, 2.05) is 0 Å². The van der Waals surface area contributed by atoms with Gasteiger partial charge in [-0.1, -0.05) is 26.7 Å². The lowest BCUT2D eigenvalue weighted by Crippen LogP contribution is -2.56. The number of rotatable bonds is 2. The molecule has 0 radical (unpaired) electrons. The van der Waals surface area contributed by atoms with Gasteiger partial charge in [-0.05, 0) is 132 Å². The number of carbonyl (C=O) groups excluding carboxylic acids is 1. The normalized spacial score (nSPS) is 50.5. The van der Waals surface area contributed by atoms with Gasteiger partial charge in [0.05, 0.1) is 6.04 Å². The van der Waals surface area contributed by atoms with Crippen LogP contribution in [0.25, 0.3) is 0 Å². The fraction of sp³-hybridized carbons (Fsp3) is 0.966. The van der Waals surface area contributed by atoms with E-state index in [0.29, 0.717) is 17.1 Å². The molecule has 0 N–H and O–H groups in total. The van der Waals surface area contributed by atoms with Crippen molar-refractivity contribution < 1.29 is 4.79 Å². The molecule has 3 unspecified atom stereocenters. The quantitative estimate of drug-likeness (QED) is 0.533. The highest BCUT2D eigenvalue weighted by Gasteiger charge is 2.63. The predicted octanol–water partition coefficient (Wildman–Crippen LogP) is 5.92. The highest BCUT2D eigenvalue weighted by molar-refractivity contribution is 5.92. The van der Waals surface area contributed by atoms with Crippen LogP contribution in [-0.2, 0) is 4.79 Å². The molecule has 6 aliphatic rings. The number of hydrogen-bond acceptors (Lipinski definition) is 3. The number of nitrogens with zero attached hydrogens (tertiary/aromatic N) is 2. The molecule has 0 spiro atoms. The van der Waals surface area contributed by atoms with Crippen molar-refractivity contribution in [2.75, 3.05) is 26.2 Å². The molecule has 4 saturated carbocycles. The van der Waals surface area contributed by atoms with E-state index in [-0.39, 0.29) is 11.5 Å². The van der Waals surface area contributed by atoms with Crippen LogP contribution in [0, 0.1) is 34.5 Å². The second-order valence-corrected chi connectivity index (χ2v) is 13.4. The van der Waals surface area contributed by atoms with Gasteiger partial charge in [0, 0.05) is 11.5 Å². The van der Waals surface area contributed by atoms with Gasteiger partial charge in [-0.3, -0.25) is 9.69 Å². The zero-order chi connectivity index (χ0) is 21.9. The fourth-order valence-corrected chi connectivity index (χ4v) is 10.3. The van der Waals surface area contributed by atoms with Crippen LogP contribution in [-0.4, -0.2) is 53.8 Å². The summed E-state index contributed by atoms with van der Waals surface area (Å²) < 4.78 is 0. The molecule has 0 amide bonds. The average Bonchev–Trinajstić information content (AvgIpc) is 3.10. The highest BCUT2D eigenvalue weighted by atomic mass is 16.1. The molecule has 0 aromatic heterocycles. The lowest BCUT2D eigenvalue weighted by Gasteiger charge is -2.61. The monoisotopic (exact) mass is 440 g/mol. The van der Waals surface area contributed by atoms with Crippen molar-refractivity contribution in [2.45, 2.75) is 116 Å². The van der Waals surface area contributed by atoms with Gasteiger partial charge in [0.25, 0.3) is 0 Å². The summed E-state index contributed by atoms with van der Waals surface area (Å²) in [5, 5.41) is 0. The summed E-state index contributed by atoms with van der Waals surface area (Å²) in [7, 11) is 0. The van der Waals surface area contributed by atoms with E-state index in [4.69, 9.17) is 0 Å². The highest BCUT2D eigenvalue weighted by Crippen LogP contribution is 2.66. The Morgan fingerprint density at radius 1 is 0.750 bits per heavy atom. The van der Waals surface area contributed by atoms with E-state index in [0.717, 1.165) is 23.8 Å². The van der Waals surface area contributed by atoms with E-state index < -0.39 is 0 Å². The SMILES string of the molecule is C[C@]12CC(N3CCCCC3)CCC1CC[C@@H]1[C@H]2CC[C@]2(C)C(=O)C(N3CCCCC3)C[C@@H]12. The zero-order valence-electron chi connectivity index (χ0n) is 21.0. The number of carbonyl (C=O) groups is 1. The first kappa shape index (κ1) is 22.1. The van der Waals surface area contributed by atoms with Crippen LogP contribution < -0.4 is 0 Å². The Morgan fingerprint density at radius 2 is 1.41 bits per heavy atom. The Hall–Kier alpha value is -0.410. The predicted molar refractivity (Wildman–Crippen MR) is 131 cm³/mol. The Bertz CT molecular complexity index is 710. The van der Waals surface area contributed by atoms with Crippen LogP contribution in [0.4, 0.5) is 0 Å². The molecule has 32 heavy (non-hydrogen) atoms. The summed E-state index contributed by atoms with van der Waals surface area (Å²) in [6.07, 6.45) is 19.2. The second kappa shape index (κ2) is 8.36. The Morgan fingerprint density at radius 3 is 2.12 bits per heavy atom. The lowest BCUT2D eigenvalue weighted by molar-refractivity contribution is -0.143. The van der Waals surface area contributed by atoms with Crippen LogP contribution in [0.5, 0.6) is 0 Å². The number of ketones is 1. The minimum Gasteiger partial charge on any atom is -0.300 e. The summed E-state index contributed by atoms with van der Waals surface area (Å²) in [5.74, 6) is 3.94. The molecule has 2 saturated heterocycles. The Labute approximate surface area is 197 Å². The lowest BCUT2D eigenvalue weighted by atomic mass is 9.45. The summed E-state index contributed by atoms with van der Waals surface area (Å²) in [5.41, 5.74) is 0.504. The molecule has 3 nitrogen and oxygen atoms in total. The molecule has 2 aliphatic heterocycles. The van der Waals surface area contributed by atoms with Crippen molar-refractivity contribution in [1.82, 2.24) is 9.80 Å². The zero-order valence-corrected chi connectivity index (χ0v) is 21.0. The van der Waals surface area contributed by atoms with Crippen molar-refractivity contribution in [2.24, 2.45) is 34.5 Å². The number of hydrogen-bond donors (Lipinski definition) is 0. The fourth-order valence-electron chi connectivity index (χ4n) is 10.3. The molecule has 0 aromatic carbocycles. The van der Waals surface area contributed by atoms with Crippen LogP contribution >= 0.6 is 0 Å². The maximum absolute atomic E-state index is 13.8. The summed E-state index contributed by atoms with van der Waals surface area (Å²) >= 11 is 0. The van der Waals surface area contributed by atoms with Crippen molar-refractivity contribution >= 4 is 5.78 Å². The number of likely N-dealkylation sites (tertiary alicyclic amines) is 2. The van der Waals surface area contributed by atoms with E-state index in [9.17, 15) is 4.79 Å². The third-order valence-electron chi connectivity index (χ3n) is 12.1. The van der Waals surface area contributed by atoms with E-state index in [2.05, 4.69) is 23.6 Å². The molecular weight excluding hydrogens is 392 g/mol. The van der Waals surface area contributed by atoms with Gasteiger partial charge in [-0.15, -0.1) is 0 Å². The van der Waals surface area contributed by atoms with Crippen molar-refractivity contribution in [3.8, 4) is 0 Å². The maximum Gasteiger partial charge on any atom is 0.156 e. The topological polar surface area (TPSA) is 23.6 Å². The van der Waals surface area contributed by atoms with Crippen LogP contribution in [0.3, 0.4) is 0 Å². The number of piperidine rings is 2. The van der Waals surface area contributed by atoms with Gasteiger partial charge in [0.2, 0.25) is 0 Å². The molecule has 6 fully saturated rings. The first-order valence-electron chi connectivity index (χ1n) is 14.5. The van der Waals surface area contributed by atoms with Gasteiger partial charge in [0.1, 0.15) is 0 Å².